The number of pyridine rings is 1. The summed E-state index contributed by atoms with van der Waals surface area (Å²) in [5.41, 5.74) is -0.352. The summed E-state index contributed by atoms with van der Waals surface area (Å²) in [6, 6.07) is 5.45. The third-order valence-electron chi connectivity index (χ3n) is 6.13. The molecule has 0 unspecified atom stereocenters. The molecular formula is C22H24ClIN4O4. The SMILES string of the molecule is CCN1C(=O)c2c(O)c(=O)c(C(=O)NCc3cccc(Cl)c3I)cn2N2[C@H](C)CCC[C@@H]12. The van der Waals surface area contributed by atoms with Gasteiger partial charge in [-0.1, -0.05) is 23.7 Å². The summed E-state index contributed by atoms with van der Waals surface area (Å²) >= 11 is 8.24. The number of hydrogen-bond donors (Lipinski definition) is 2. The van der Waals surface area contributed by atoms with Crippen molar-refractivity contribution >= 4 is 46.0 Å². The van der Waals surface area contributed by atoms with Gasteiger partial charge in [0.2, 0.25) is 5.43 Å². The van der Waals surface area contributed by atoms with Crippen LogP contribution in [0, 0.1) is 3.57 Å². The number of fused-ring (bicyclic) bond motifs is 3. The van der Waals surface area contributed by atoms with Crippen molar-refractivity contribution in [3.8, 4) is 5.75 Å². The first kappa shape index (κ1) is 22.9. The van der Waals surface area contributed by atoms with E-state index in [1.165, 1.54) is 10.9 Å². The molecule has 2 atom stereocenters. The number of rotatable bonds is 4. The normalized spacial score (nSPS) is 20.1. The van der Waals surface area contributed by atoms with E-state index >= 15 is 0 Å². The topological polar surface area (TPSA) is 94.9 Å². The fraction of sp³-hybridized carbons (Fsp3) is 0.409. The lowest BCUT2D eigenvalue weighted by Gasteiger charge is -2.51. The van der Waals surface area contributed by atoms with Gasteiger partial charge in [-0.2, -0.15) is 0 Å². The standard InChI is InChI=1S/C22H24ClIN4O4/c1-3-26-16-9-4-6-12(2)28(16)27-11-14(19(29)20(30)18(27)22(26)32)21(31)25-10-13-7-5-8-15(23)17(13)24/h5,7-8,11-12,16,30H,3-4,6,9-10H2,1-2H3,(H,25,31)/t12-,16+/m1/s1. The van der Waals surface area contributed by atoms with E-state index in [1.54, 1.807) is 17.0 Å². The highest BCUT2D eigenvalue weighted by Gasteiger charge is 2.43. The van der Waals surface area contributed by atoms with E-state index in [9.17, 15) is 19.5 Å². The van der Waals surface area contributed by atoms with Crippen LogP contribution in [0.25, 0.3) is 0 Å². The number of aromatic nitrogens is 1. The quantitative estimate of drug-likeness (QED) is 0.551. The lowest BCUT2D eigenvalue weighted by atomic mass is 10.00. The van der Waals surface area contributed by atoms with Crippen molar-refractivity contribution in [1.82, 2.24) is 14.9 Å². The minimum atomic E-state index is -0.859. The van der Waals surface area contributed by atoms with Gasteiger partial charge in [0.05, 0.1) is 5.02 Å². The molecule has 2 aromatic rings. The summed E-state index contributed by atoms with van der Waals surface area (Å²) in [6.45, 7) is 4.54. The molecule has 1 aromatic carbocycles. The largest absolute Gasteiger partial charge is 0.502 e. The van der Waals surface area contributed by atoms with Gasteiger partial charge in [-0.05, 0) is 67.3 Å². The van der Waals surface area contributed by atoms with Crippen molar-refractivity contribution in [2.45, 2.75) is 51.9 Å². The lowest BCUT2D eigenvalue weighted by molar-refractivity contribution is 0.0499. The smallest absolute Gasteiger partial charge is 0.278 e. The first-order valence-electron chi connectivity index (χ1n) is 10.6. The number of carbonyl (C=O) groups excluding carboxylic acids is 2. The number of benzene rings is 1. The molecule has 2 aliphatic heterocycles. The van der Waals surface area contributed by atoms with Crippen LogP contribution in [0.15, 0.2) is 29.2 Å². The second-order valence-electron chi connectivity index (χ2n) is 8.04. The maximum atomic E-state index is 13.1. The average Bonchev–Trinajstić information content (AvgIpc) is 2.76. The van der Waals surface area contributed by atoms with Crippen LogP contribution < -0.4 is 15.8 Å². The summed E-state index contributed by atoms with van der Waals surface area (Å²) in [5.74, 6) is -1.73. The van der Waals surface area contributed by atoms with Crippen molar-refractivity contribution in [3.63, 3.8) is 0 Å². The molecule has 0 bridgehead atoms. The van der Waals surface area contributed by atoms with Crippen molar-refractivity contribution < 1.29 is 14.7 Å². The molecule has 2 N–H and O–H groups in total. The summed E-state index contributed by atoms with van der Waals surface area (Å²) in [6.07, 6.45) is 3.86. The fourth-order valence-corrected chi connectivity index (χ4v) is 5.27. The number of nitrogens with zero attached hydrogens (tertiary/aromatic N) is 3. The number of aromatic hydroxyl groups is 1. The Hall–Kier alpha value is -2.27. The molecule has 0 radical (unpaired) electrons. The van der Waals surface area contributed by atoms with Crippen LogP contribution in [-0.2, 0) is 6.54 Å². The van der Waals surface area contributed by atoms with Crippen molar-refractivity contribution in [2.75, 3.05) is 11.6 Å². The first-order chi connectivity index (χ1) is 15.3. The van der Waals surface area contributed by atoms with Gasteiger partial charge in [-0.3, -0.25) is 24.1 Å². The summed E-state index contributed by atoms with van der Waals surface area (Å²) < 4.78 is 2.32. The molecule has 3 heterocycles. The average molecular weight is 571 g/mol. The summed E-state index contributed by atoms with van der Waals surface area (Å²) in [5, 5.41) is 16.0. The van der Waals surface area contributed by atoms with Crippen LogP contribution in [0.4, 0.5) is 0 Å². The van der Waals surface area contributed by atoms with Crippen LogP contribution in [0.2, 0.25) is 5.02 Å². The number of hydrogen-bond acceptors (Lipinski definition) is 5. The minimum Gasteiger partial charge on any atom is -0.502 e. The number of amides is 2. The van der Waals surface area contributed by atoms with Crippen LogP contribution in [0.5, 0.6) is 5.75 Å². The maximum absolute atomic E-state index is 13.1. The van der Waals surface area contributed by atoms with E-state index in [2.05, 4.69) is 27.9 Å². The monoisotopic (exact) mass is 570 g/mol. The van der Waals surface area contributed by atoms with E-state index in [0.29, 0.717) is 11.6 Å². The van der Waals surface area contributed by atoms with Gasteiger partial charge in [0.15, 0.2) is 11.4 Å². The molecule has 1 aromatic heterocycles. The highest BCUT2D eigenvalue weighted by atomic mass is 127. The molecule has 10 heteroatoms. The van der Waals surface area contributed by atoms with Gasteiger partial charge in [0.25, 0.3) is 11.8 Å². The third-order valence-corrected chi connectivity index (χ3v) is 8.04. The van der Waals surface area contributed by atoms with Gasteiger partial charge in [-0.25, -0.2) is 0 Å². The predicted molar refractivity (Wildman–Crippen MR) is 130 cm³/mol. The maximum Gasteiger partial charge on any atom is 0.278 e. The Morgan fingerprint density at radius 2 is 2.06 bits per heavy atom. The number of piperidine rings is 1. The van der Waals surface area contributed by atoms with Crippen molar-refractivity contribution in [2.24, 2.45) is 0 Å². The Bertz CT molecular complexity index is 1150. The Balaban J connectivity index is 1.73. The van der Waals surface area contributed by atoms with Crippen molar-refractivity contribution in [1.29, 1.82) is 0 Å². The number of nitrogens with one attached hydrogen (secondary N) is 1. The van der Waals surface area contributed by atoms with E-state index in [-0.39, 0.29) is 30.0 Å². The van der Waals surface area contributed by atoms with E-state index in [1.807, 2.05) is 24.9 Å². The van der Waals surface area contributed by atoms with Gasteiger partial charge >= 0.3 is 0 Å². The highest BCUT2D eigenvalue weighted by molar-refractivity contribution is 14.1. The zero-order chi connectivity index (χ0) is 23.2. The molecule has 0 aliphatic carbocycles. The predicted octanol–water partition coefficient (Wildman–Crippen LogP) is 3.05. The van der Waals surface area contributed by atoms with Crippen LogP contribution in [0.1, 0.15) is 59.5 Å². The van der Waals surface area contributed by atoms with Crippen LogP contribution in [0.3, 0.4) is 0 Å². The Morgan fingerprint density at radius 1 is 1.31 bits per heavy atom. The Kier molecular flexibility index (Phi) is 6.39. The number of carbonyl (C=O) groups is 2. The zero-order valence-corrected chi connectivity index (χ0v) is 20.7. The molecule has 0 saturated carbocycles. The highest BCUT2D eigenvalue weighted by Crippen LogP contribution is 2.32. The van der Waals surface area contributed by atoms with Gasteiger partial charge < -0.3 is 15.3 Å². The molecule has 2 amide bonds. The lowest BCUT2D eigenvalue weighted by Crippen LogP contribution is -2.65. The summed E-state index contributed by atoms with van der Waals surface area (Å²) in [7, 11) is 0. The van der Waals surface area contributed by atoms with Gasteiger partial charge in [0, 0.05) is 28.9 Å². The Morgan fingerprint density at radius 3 is 2.78 bits per heavy atom. The molecular weight excluding hydrogens is 547 g/mol. The molecule has 0 spiro atoms. The molecule has 4 rings (SSSR count). The fourth-order valence-electron chi connectivity index (χ4n) is 4.52. The second-order valence-corrected chi connectivity index (χ2v) is 9.53. The van der Waals surface area contributed by atoms with E-state index < -0.39 is 23.0 Å². The second kappa shape index (κ2) is 8.93. The van der Waals surface area contributed by atoms with Crippen molar-refractivity contribution in [3.05, 3.63) is 60.0 Å². The van der Waals surface area contributed by atoms with Crippen LogP contribution in [-0.4, -0.2) is 45.2 Å². The minimum absolute atomic E-state index is 0.0699. The van der Waals surface area contributed by atoms with Crippen LogP contribution >= 0.6 is 34.2 Å². The molecule has 2 aliphatic rings. The molecule has 1 fully saturated rings. The first-order valence-corrected chi connectivity index (χ1v) is 12.0. The van der Waals surface area contributed by atoms with E-state index in [0.717, 1.165) is 28.4 Å². The van der Waals surface area contributed by atoms with Gasteiger partial charge in [0.1, 0.15) is 11.7 Å². The molecule has 32 heavy (non-hydrogen) atoms. The zero-order valence-electron chi connectivity index (χ0n) is 17.8. The molecule has 8 nitrogen and oxygen atoms in total. The third kappa shape index (κ3) is 3.75. The summed E-state index contributed by atoms with van der Waals surface area (Å²) in [4.78, 5) is 40.6. The molecule has 1 saturated heterocycles. The van der Waals surface area contributed by atoms with E-state index in [4.69, 9.17) is 11.6 Å². The van der Waals surface area contributed by atoms with Gasteiger partial charge in [-0.15, -0.1) is 0 Å². The molecule has 170 valence electrons. The number of halogens is 2. The Labute approximate surface area is 204 Å².